The molecule has 0 spiro atoms. The topological polar surface area (TPSA) is 81.4 Å². The van der Waals surface area contributed by atoms with Crippen LogP contribution in [0.3, 0.4) is 0 Å². The minimum Gasteiger partial charge on any atom is -0.468 e. The van der Waals surface area contributed by atoms with Crippen molar-refractivity contribution in [3.8, 4) is 12.3 Å². The molecule has 0 bridgehead atoms. The molecule has 1 unspecified atom stereocenters. The Bertz CT molecular complexity index is 276. The number of terminal acetylenes is 1. The first-order valence-electron chi connectivity index (χ1n) is 4.73. The minimum absolute atomic E-state index is 0.116. The van der Waals surface area contributed by atoms with Gasteiger partial charge < -0.3 is 15.8 Å². The molecule has 1 atom stereocenters. The molecule has 5 nitrogen and oxygen atoms in total. The zero-order valence-electron chi connectivity index (χ0n) is 9.19. The molecule has 0 aromatic rings. The summed E-state index contributed by atoms with van der Waals surface area (Å²) in [5, 5.41) is 2.54. The predicted octanol–water partition coefficient (Wildman–Crippen LogP) is -0.641. The van der Waals surface area contributed by atoms with Gasteiger partial charge in [-0.05, 0) is 12.2 Å². The van der Waals surface area contributed by atoms with Gasteiger partial charge in [0.1, 0.15) is 6.04 Å². The van der Waals surface area contributed by atoms with Crippen LogP contribution in [0.1, 0.15) is 6.42 Å². The van der Waals surface area contributed by atoms with Gasteiger partial charge in [0.05, 0.1) is 19.4 Å². The first-order chi connectivity index (χ1) is 7.61. The van der Waals surface area contributed by atoms with E-state index in [1.165, 1.54) is 18.9 Å². The van der Waals surface area contributed by atoms with Crippen LogP contribution in [-0.2, 0) is 14.3 Å². The van der Waals surface area contributed by atoms with E-state index in [0.29, 0.717) is 17.9 Å². The summed E-state index contributed by atoms with van der Waals surface area (Å²) in [6.07, 6.45) is 5.47. The van der Waals surface area contributed by atoms with Crippen LogP contribution < -0.4 is 11.1 Å². The Morgan fingerprint density at radius 1 is 1.62 bits per heavy atom. The first-order valence-corrected chi connectivity index (χ1v) is 5.88. The highest BCUT2D eigenvalue weighted by Crippen LogP contribution is 2.04. The van der Waals surface area contributed by atoms with Crippen molar-refractivity contribution in [2.75, 3.05) is 25.2 Å². The van der Waals surface area contributed by atoms with Crippen LogP contribution in [0.2, 0.25) is 0 Å². The van der Waals surface area contributed by atoms with Crippen molar-refractivity contribution in [1.29, 1.82) is 0 Å². The zero-order chi connectivity index (χ0) is 12.4. The number of ether oxygens (including phenoxy) is 1. The molecule has 6 heteroatoms. The lowest BCUT2D eigenvalue weighted by Gasteiger charge is -2.08. The molecule has 0 saturated carbocycles. The number of carbonyl (C=O) groups is 2. The molecule has 1 amide bonds. The predicted molar refractivity (Wildman–Crippen MR) is 63.8 cm³/mol. The highest BCUT2D eigenvalue weighted by Gasteiger charge is 2.12. The Hall–Kier alpha value is -1.19. The molecule has 0 radical (unpaired) electrons. The largest absolute Gasteiger partial charge is 0.468 e. The van der Waals surface area contributed by atoms with Crippen LogP contribution in [-0.4, -0.2) is 43.1 Å². The highest BCUT2D eigenvalue weighted by molar-refractivity contribution is 7.99. The second-order valence-electron chi connectivity index (χ2n) is 2.95. The Morgan fingerprint density at radius 3 is 2.88 bits per heavy atom. The van der Waals surface area contributed by atoms with E-state index in [0.717, 1.165) is 0 Å². The molecule has 0 aliphatic carbocycles. The molecule has 0 rings (SSSR count). The van der Waals surface area contributed by atoms with Crippen molar-refractivity contribution in [2.24, 2.45) is 5.73 Å². The van der Waals surface area contributed by atoms with Crippen LogP contribution >= 0.6 is 11.8 Å². The summed E-state index contributed by atoms with van der Waals surface area (Å²) < 4.78 is 4.47. The number of carbonyl (C=O) groups excluding carboxylic acids is 2. The Balaban J connectivity index is 3.50. The van der Waals surface area contributed by atoms with Crippen molar-refractivity contribution in [2.45, 2.75) is 12.5 Å². The normalized spacial score (nSPS) is 11.3. The number of esters is 1. The fraction of sp³-hybridized carbons (Fsp3) is 0.600. The second kappa shape index (κ2) is 9.07. The van der Waals surface area contributed by atoms with Crippen LogP contribution in [0.15, 0.2) is 0 Å². The van der Waals surface area contributed by atoms with Crippen LogP contribution in [0.5, 0.6) is 0 Å². The molecule has 3 N–H and O–H groups in total. The summed E-state index contributed by atoms with van der Waals surface area (Å²) in [7, 11) is 1.29. The van der Waals surface area contributed by atoms with Gasteiger partial charge in [0, 0.05) is 0 Å². The SMILES string of the molecule is C#CCNC(=O)CSCCC(N)C(=O)OC. The quantitative estimate of drug-likeness (QED) is 0.354. The van der Waals surface area contributed by atoms with E-state index in [4.69, 9.17) is 12.2 Å². The van der Waals surface area contributed by atoms with E-state index in [1.54, 1.807) is 0 Å². The first kappa shape index (κ1) is 14.8. The molecular weight excluding hydrogens is 228 g/mol. The molecule has 0 aromatic heterocycles. The number of hydrogen-bond acceptors (Lipinski definition) is 5. The molecule has 0 aromatic carbocycles. The number of hydrogen-bond donors (Lipinski definition) is 2. The fourth-order valence-corrected chi connectivity index (χ4v) is 1.70. The van der Waals surface area contributed by atoms with E-state index in [9.17, 15) is 9.59 Å². The van der Waals surface area contributed by atoms with Gasteiger partial charge in [-0.2, -0.15) is 11.8 Å². The number of methoxy groups -OCH3 is 1. The Labute approximate surface area is 99.5 Å². The Kier molecular flexibility index (Phi) is 8.39. The minimum atomic E-state index is -0.619. The maximum atomic E-state index is 11.1. The summed E-state index contributed by atoms with van der Waals surface area (Å²) >= 11 is 1.40. The molecule has 16 heavy (non-hydrogen) atoms. The number of nitrogens with one attached hydrogen (secondary N) is 1. The van der Waals surface area contributed by atoms with Gasteiger partial charge in [-0.15, -0.1) is 6.42 Å². The van der Waals surface area contributed by atoms with Crippen molar-refractivity contribution in [1.82, 2.24) is 5.32 Å². The van der Waals surface area contributed by atoms with Gasteiger partial charge >= 0.3 is 5.97 Å². The summed E-state index contributed by atoms with van der Waals surface area (Å²) in [6.45, 7) is 0.237. The van der Waals surface area contributed by atoms with Gasteiger partial charge in [-0.25, -0.2) is 0 Å². The molecule has 0 fully saturated rings. The zero-order valence-corrected chi connectivity index (χ0v) is 10.0. The standard InChI is InChI=1S/C10H16N2O3S/c1-3-5-12-9(13)7-16-6-4-8(11)10(14)15-2/h1,8H,4-7,11H2,2H3,(H,12,13). The van der Waals surface area contributed by atoms with E-state index in [2.05, 4.69) is 16.0 Å². The van der Waals surface area contributed by atoms with Crippen molar-refractivity contribution < 1.29 is 14.3 Å². The molecule has 0 aliphatic heterocycles. The lowest BCUT2D eigenvalue weighted by Crippen LogP contribution is -2.32. The summed E-state index contributed by atoms with van der Waals surface area (Å²) in [6, 6.07) is -0.619. The number of nitrogens with two attached hydrogens (primary N) is 1. The summed E-state index contributed by atoms with van der Waals surface area (Å²) in [5.74, 6) is 2.70. The smallest absolute Gasteiger partial charge is 0.322 e. The fourth-order valence-electron chi connectivity index (χ4n) is 0.845. The maximum Gasteiger partial charge on any atom is 0.322 e. The molecule has 90 valence electrons. The third-order valence-electron chi connectivity index (χ3n) is 1.70. The molecular formula is C10H16N2O3S. The molecule has 0 saturated heterocycles. The van der Waals surface area contributed by atoms with Gasteiger partial charge in [0.2, 0.25) is 5.91 Å². The van der Waals surface area contributed by atoms with E-state index in [1.807, 2.05) is 0 Å². The summed E-state index contributed by atoms with van der Waals surface area (Å²) in [4.78, 5) is 22.0. The average Bonchev–Trinajstić information content (AvgIpc) is 2.30. The van der Waals surface area contributed by atoms with Crippen molar-refractivity contribution in [3.05, 3.63) is 0 Å². The third-order valence-corrected chi connectivity index (χ3v) is 2.69. The third kappa shape index (κ3) is 7.15. The molecule has 0 aliphatic rings. The van der Waals surface area contributed by atoms with Gasteiger partial charge in [0.25, 0.3) is 0 Å². The summed E-state index contributed by atoms with van der Waals surface area (Å²) in [5.41, 5.74) is 5.51. The second-order valence-corrected chi connectivity index (χ2v) is 4.06. The molecule has 0 heterocycles. The van der Waals surface area contributed by atoms with E-state index < -0.39 is 12.0 Å². The van der Waals surface area contributed by atoms with Gasteiger partial charge in [0.15, 0.2) is 0 Å². The monoisotopic (exact) mass is 244 g/mol. The maximum absolute atomic E-state index is 11.1. The lowest BCUT2D eigenvalue weighted by molar-refractivity contribution is -0.142. The van der Waals surface area contributed by atoms with Gasteiger partial charge in [-0.3, -0.25) is 9.59 Å². The number of rotatable bonds is 7. The Morgan fingerprint density at radius 2 is 2.31 bits per heavy atom. The van der Waals surface area contributed by atoms with Crippen molar-refractivity contribution in [3.63, 3.8) is 0 Å². The highest BCUT2D eigenvalue weighted by atomic mass is 32.2. The van der Waals surface area contributed by atoms with E-state index >= 15 is 0 Å². The van der Waals surface area contributed by atoms with Crippen molar-refractivity contribution >= 4 is 23.6 Å². The lowest BCUT2D eigenvalue weighted by atomic mass is 10.2. The van der Waals surface area contributed by atoms with Crippen LogP contribution in [0, 0.1) is 12.3 Å². The number of thioether (sulfide) groups is 1. The average molecular weight is 244 g/mol. The van der Waals surface area contributed by atoms with E-state index in [-0.39, 0.29) is 12.5 Å². The van der Waals surface area contributed by atoms with Crippen LogP contribution in [0.25, 0.3) is 0 Å². The van der Waals surface area contributed by atoms with Crippen LogP contribution in [0.4, 0.5) is 0 Å². The van der Waals surface area contributed by atoms with Gasteiger partial charge in [-0.1, -0.05) is 5.92 Å². The number of amides is 1.